The molecule has 0 saturated heterocycles. The molecule has 1 aliphatic rings. The van der Waals surface area contributed by atoms with Crippen LogP contribution in [0.4, 0.5) is 0 Å². The summed E-state index contributed by atoms with van der Waals surface area (Å²) < 4.78 is 33.0. The lowest BCUT2D eigenvalue weighted by atomic mass is 10.5. The molecule has 0 aromatic rings. The monoisotopic (exact) mass is 191 g/mol. The van der Waals surface area contributed by atoms with Gasteiger partial charge < -0.3 is 9.64 Å². The lowest BCUT2D eigenvalue weighted by Gasteiger charge is -2.10. The molecular weight excluding hydrogens is 182 g/mol. The maximum absolute atomic E-state index is 10.8. The fourth-order valence-corrected chi connectivity index (χ4v) is 1.58. The van der Waals surface area contributed by atoms with Gasteiger partial charge in [-0.3, -0.25) is 0 Å². The van der Waals surface area contributed by atoms with E-state index < -0.39 is 10.2 Å². The van der Waals surface area contributed by atoms with Gasteiger partial charge in [-0.15, -0.1) is 8.80 Å². The molecule has 0 aromatic heterocycles. The molecule has 0 aromatic carbocycles. The molecule has 0 bridgehead atoms. The van der Waals surface area contributed by atoms with Gasteiger partial charge >= 0.3 is 10.2 Å². The summed E-state index contributed by atoms with van der Waals surface area (Å²) in [5, 5.41) is 0. The first kappa shape index (κ1) is 8.98. The van der Waals surface area contributed by atoms with Crippen molar-refractivity contribution >= 4 is 21.9 Å². The first-order chi connectivity index (χ1) is 5.46. The van der Waals surface area contributed by atoms with Gasteiger partial charge in [0, 0.05) is 14.1 Å². The average molecular weight is 191 g/mol. The average Bonchev–Trinajstić information content (AvgIpc) is 2.25. The van der Waals surface area contributed by atoms with Crippen molar-refractivity contribution in [1.29, 1.82) is 0 Å². The smallest absolute Gasteiger partial charge is 0.368 e. The lowest BCUT2D eigenvalue weighted by molar-refractivity contribution is 0.407. The Balaban J connectivity index is 3.13. The van der Waals surface area contributed by atoms with E-state index in [4.69, 9.17) is 4.74 Å². The molecule has 0 N–H and O–H groups in total. The van der Waals surface area contributed by atoms with Crippen LogP contribution >= 0.6 is 0 Å². The van der Waals surface area contributed by atoms with Gasteiger partial charge in [-0.2, -0.15) is 8.42 Å². The maximum atomic E-state index is 10.8. The van der Waals surface area contributed by atoms with Crippen molar-refractivity contribution in [2.45, 2.75) is 0 Å². The summed E-state index contributed by atoms with van der Waals surface area (Å²) in [5.74, 6) is 0.248. The van der Waals surface area contributed by atoms with Crippen molar-refractivity contribution in [2.24, 2.45) is 8.80 Å². The largest absolute Gasteiger partial charge is 0.478 e. The molecule has 0 unspecified atom stereocenters. The highest BCUT2D eigenvalue weighted by molar-refractivity contribution is 7.89. The molecule has 0 aliphatic carbocycles. The number of rotatable bonds is 0. The molecule has 1 rings (SSSR count). The topological polar surface area (TPSA) is 71.3 Å². The molecule has 6 nitrogen and oxygen atoms in total. The van der Waals surface area contributed by atoms with Crippen molar-refractivity contribution in [1.82, 2.24) is 4.90 Å². The number of hydrogen-bond acceptors (Lipinski definition) is 4. The second-order valence-electron chi connectivity index (χ2n) is 2.36. The van der Waals surface area contributed by atoms with Crippen LogP contribution in [-0.4, -0.2) is 46.3 Å². The molecule has 0 atom stereocenters. The van der Waals surface area contributed by atoms with E-state index in [0.29, 0.717) is 0 Å². The quantitative estimate of drug-likeness (QED) is 0.505. The SMILES string of the molecule is COC1=NS(=O)(=O)N=C1N(C)C. The highest BCUT2D eigenvalue weighted by atomic mass is 32.2. The van der Waals surface area contributed by atoms with Crippen LogP contribution in [0.2, 0.25) is 0 Å². The number of amidine groups is 1. The van der Waals surface area contributed by atoms with E-state index in [2.05, 4.69) is 8.80 Å². The maximum Gasteiger partial charge on any atom is 0.368 e. The van der Waals surface area contributed by atoms with Crippen molar-refractivity contribution < 1.29 is 13.2 Å². The molecular formula is C5H9N3O3S. The van der Waals surface area contributed by atoms with Gasteiger partial charge in [0.15, 0.2) is 0 Å². The minimum absolute atomic E-state index is 0.0278. The third-order valence-corrected chi connectivity index (χ3v) is 2.01. The predicted octanol–water partition coefficient (Wildman–Crippen LogP) is -0.750. The zero-order valence-corrected chi connectivity index (χ0v) is 7.79. The number of methoxy groups -OCH3 is 1. The van der Waals surface area contributed by atoms with Crippen LogP contribution in [0.3, 0.4) is 0 Å². The summed E-state index contributed by atoms with van der Waals surface area (Å²) in [6.07, 6.45) is 0. The van der Waals surface area contributed by atoms with E-state index in [-0.39, 0.29) is 11.7 Å². The van der Waals surface area contributed by atoms with E-state index in [1.165, 1.54) is 12.0 Å². The minimum atomic E-state index is -3.69. The van der Waals surface area contributed by atoms with Crippen LogP contribution in [0.25, 0.3) is 0 Å². The van der Waals surface area contributed by atoms with Gasteiger partial charge in [0.1, 0.15) is 0 Å². The number of likely N-dealkylation sites (N-methyl/N-ethyl adjacent to an activating group) is 1. The summed E-state index contributed by atoms with van der Waals surface area (Å²) in [5.41, 5.74) is 0. The van der Waals surface area contributed by atoms with Crippen LogP contribution in [0, 0.1) is 0 Å². The van der Waals surface area contributed by atoms with Crippen LogP contribution in [0.15, 0.2) is 8.80 Å². The normalized spacial score (nSPS) is 19.9. The number of ether oxygens (including phenoxy) is 1. The van der Waals surface area contributed by atoms with Crippen LogP contribution in [0.5, 0.6) is 0 Å². The van der Waals surface area contributed by atoms with E-state index in [1.807, 2.05) is 0 Å². The van der Waals surface area contributed by atoms with Crippen molar-refractivity contribution in [3.05, 3.63) is 0 Å². The molecule has 0 saturated carbocycles. The summed E-state index contributed by atoms with van der Waals surface area (Å²) in [7, 11) is 0.975. The first-order valence-corrected chi connectivity index (χ1v) is 4.52. The van der Waals surface area contributed by atoms with E-state index in [0.717, 1.165) is 0 Å². The summed E-state index contributed by atoms with van der Waals surface area (Å²) in [6.45, 7) is 0. The Bertz CT molecular complexity index is 341. The Morgan fingerprint density at radius 2 is 1.92 bits per heavy atom. The van der Waals surface area contributed by atoms with Crippen molar-refractivity contribution in [3.8, 4) is 0 Å². The van der Waals surface area contributed by atoms with Gasteiger partial charge in [0.25, 0.3) is 5.90 Å². The van der Waals surface area contributed by atoms with Crippen molar-refractivity contribution in [3.63, 3.8) is 0 Å². The van der Waals surface area contributed by atoms with Crippen LogP contribution in [0.1, 0.15) is 0 Å². The second kappa shape index (κ2) is 2.74. The Morgan fingerprint density at radius 1 is 1.33 bits per heavy atom. The van der Waals surface area contributed by atoms with E-state index in [9.17, 15) is 8.42 Å². The van der Waals surface area contributed by atoms with Crippen molar-refractivity contribution in [2.75, 3.05) is 21.2 Å². The summed E-state index contributed by atoms with van der Waals surface area (Å²) in [4.78, 5) is 1.52. The van der Waals surface area contributed by atoms with Gasteiger partial charge in [0.2, 0.25) is 5.84 Å². The van der Waals surface area contributed by atoms with E-state index >= 15 is 0 Å². The Labute approximate surface area is 70.8 Å². The summed E-state index contributed by atoms with van der Waals surface area (Å²) in [6, 6.07) is 0. The first-order valence-electron chi connectivity index (χ1n) is 3.13. The standard InChI is InChI=1S/C5H9N3O3S/c1-8(2)4-5(11-3)7-12(9,10)6-4/h1-3H3. The molecule has 12 heavy (non-hydrogen) atoms. The fraction of sp³-hybridized carbons (Fsp3) is 0.600. The Kier molecular flexibility index (Phi) is 2.05. The molecule has 0 spiro atoms. The van der Waals surface area contributed by atoms with Crippen LogP contribution < -0.4 is 0 Å². The van der Waals surface area contributed by atoms with Gasteiger partial charge in [-0.1, -0.05) is 0 Å². The zero-order chi connectivity index (χ0) is 9.35. The number of nitrogens with zero attached hydrogens (tertiary/aromatic N) is 3. The van der Waals surface area contributed by atoms with Gasteiger partial charge in [-0.25, -0.2) is 0 Å². The molecule has 7 heteroatoms. The second-order valence-corrected chi connectivity index (χ2v) is 3.62. The molecule has 0 fully saturated rings. The van der Waals surface area contributed by atoms with Crippen LogP contribution in [-0.2, 0) is 14.9 Å². The predicted molar refractivity (Wildman–Crippen MR) is 44.5 cm³/mol. The number of hydrogen-bond donors (Lipinski definition) is 0. The minimum Gasteiger partial charge on any atom is -0.478 e. The van der Waals surface area contributed by atoms with E-state index in [1.54, 1.807) is 14.1 Å². The molecule has 0 amide bonds. The fourth-order valence-electron chi connectivity index (χ4n) is 0.716. The highest BCUT2D eigenvalue weighted by Crippen LogP contribution is 2.08. The molecule has 0 radical (unpaired) electrons. The lowest BCUT2D eigenvalue weighted by Crippen LogP contribution is -2.29. The molecule has 68 valence electrons. The molecule has 1 heterocycles. The Hall–Kier alpha value is -1.11. The molecule has 1 aliphatic heterocycles. The summed E-state index contributed by atoms with van der Waals surface area (Å²) >= 11 is 0. The highest BCUT2D eigenvalue weighted by Gasteiger charge is 2.26. The van der Waals surface area contributed by atoms with Gasteiger partial charge in [-0.05, 0) is 0 Å². The Morgan fingerprint density at radius 3 is 2.25 bits per heavy atom. The van der Waals surface area contributed by atoms with Gasteiger partial charge in [0.05, 0.1) is 7.11 Å². The zero-order valence-electron chi connectivity index (χ0n) is 6.97. The third-order valence-electron chi connectivity index (χ3n) is 1.21. The third kappa shape index (κ3) is 1.55.